The van der Waals surface area contributed by atoms with E-state index in [-0.39, 0.29) is 12.8 Å². The van der Waals surface area contributed by atoms with Crippen molar-refractivity contribution in [2.24, 2.45) is 0 Å². The maximum Gasteiger partial charge on any atom is 0.472 e. The lowest BCUT2D eigenvalue weighted by Crippen LogP contribution is -2.28. The number of phosphoric ester groups is 1. The molecule has 3 unspecified atom stereocenters. The van der Waals surface area contributed by atoms with Crippen molar-refractivity contribution >= 4 is 19.8 Å². The number of aliphatic hydroxyl groups is 2. The Morgan fingerprint density at radius 2 is 0.750 bits per heavy atom. The van der Waals surface area contributed by atoms with Gasteiger partial charge in [0.2, 0.25) is 0 Å². The summed E-state index contributed by atoms with van der Waals surface area (Å²) in [5.74, 6) is -1.05. The number of carbonyl (C=O) groups is 2. The van der Waals surface area contributed by atoms with E-state index < -0.39 is 58.4 Å². The summed E-state index contributed by atoms with van der Waals surface area (Å²) in [5.41, 5.74) is 0. The number of hydrogen-bond donors (Lipinski definition) is 3. The van der Waals surface area contributed by atoms with Crippen LogP contribution in [0.3, 0.4) is 0 Å². The molecule has 48 heavy (non-hydrogen) atoms. The average Bonchev–Trinajstić information content (AvgIpc) is 3.07. The second kappa shape index (κ2) is 34.4. The van der Waals surface area contributed by atoms with E-state index in [1.807, 2.05) is 6.92 Å². The predicted octanol–water partition coefficient (Wildman–Crippen LogP) is 9.50. The third kappa shape index (κ3) is 32.2. The van der Waals surface area contributed by atoms with Crippen LogP contribution in [-0.4, -0.2) is 65.7 Å². The third-order valence-electron chi connectivity index (χ3n) is 8.57. The normalized spacial score (nSPS) is 14.0. The van der Waals surface area contributed by atoms with Gasteiger partial charge in [0.05, 0.1) is 26.4 Å². The van der Waals surface area contributed by atoms with Gasteiger partial charge in [-0.15, -0.1) is 0 Å². The zero-order chi connectivity index (χ0) is 35.6. The molecule has 0 saturated carbocycles. The van der Waals surface area contributed by atoms with Crippen molar-refractivity contribution in [3.05, 3.63) is 0 Å². The molecule has 0 rings (SSSR count). The molecule has 0 fully saturated rings. The molecule has 0 radical (unpaired) electrons. The van der Waals surface area contributed by atoms with Gasteiger partial charge in [-0.05, 0) is 12.8 Å². The van der Waals surface area contributed by atoms with E-state index in [4.69, 9.17) is 18.5 Å². The number of hydrogen-bond acceptors (Lipinski definition) is 9. The fraction of sp³-hybridized carbons (Fsp3) is 0.946. The molecule has 0 heterocycles. The SMILES string of the molecule is CCCCCCCCCCCCCCCCCCCCCCCCCC(=O)OC(CO)COP(=O)(O)OCC(CO)OC(=O)CCCC. The molecule has 0 saturated heterocycles. The topological polar surface area (TPSA) is 149 Å². The summed E-state index contributed by atoms with van der Waals surface area (Å²) in [5, 5.41) is 18.8. The Morgan fingerprint density at radius 1 is 0.479 bits per heavy atom. The maximum absolute atomic E-state index is 12.2. The summed E-state index contributed by atoms with van der Waals surface area (Å²) in [6, 6.07) is 0. The third-order valence-corrected chi connectivity index (χ3v) is 9.52. The number of rotatable bonds is 37. The first-order valence-corrected chi connectivity index (χ1v) is 21.0. The minimum atomic E-state index is -4.60. The summed E-state index contributed by atoms with van der Waals surface area (Å²) in [6.45, 7) is 1.92. The van der Waals surface area contributed by atoms with Gasteiger partial charge in [-0.25, -0.2) is 4.57 Å². The summed E-state index contributed by atoms with van der Waals surface area (Å²) in [4.78, 5) is 33.7. The van der Waals surface area contributed by atoms with Gasteiger partial charge in [0, 0.05) is 12.8 Å². The second-order valence-corrected chi connectivity index (χ2v) is 14.7. The molecule has 0 aromatic rings. The van der Waals surface area contributed by atoms with E-state index in [9.17, 15) is 29.3 Å². The summed E-state index contributed by atoms with van der Waals surface area (Å²) in [6.07, 6.45) is 29.5. The summed E-state index contributed by atoms with van der Waals surface area (Å²) in [7, 11) is -4.60. The van der Waals surface area contributed by atoms with Gasteiger partial charge in [-0.3, -0.25) is 18.6 Å². The molecule has 0 spiro atoms. The Kier molecular flexibility index (Phi) is 33.7. The van der Waals surface area contributed by atoms with E-state index >= 15 is 0 Å². The van der Waals surface area contributed by atoms with Crippen molar-refractivity contribution in [3.63, 3.8) is 0 Å². The van der Waals surface area contributed by atoms with E-state index in [1.165, 1.54) is 122 Å². The van der Waals surface area contributed by atoms with E-state index in [1.54, 1.807) is 0 Å². The highest BCUT2D eigenvalue weighted by Crippen LogP contribution is 2.43. The van der Waals surface area contributed by atoms with Crippen LogP contribution in [0.1, 0.15) is 187 Å². The maximum atomic E-state index is 12.2. The van der Waals surface area contributed by atoms with Crippen LogP contribution in [0.4, 0.5) is 0 Å². The summed E-state index contributed by atoms with van der Waals surface area (Å²) >= 11 is 0. The molecule has 0 aliphatic rings. The lowest BCUT2D eigenvalue weighted by molar-refractivity contribution is -0.153. The van der Waals surface area contributed by atoms with Gasteiger partial charge in [0.15, 0.2) is 0 Å². The van der Waals surface area contributed by atoms with Gasteiger partial charge in [-0.2, -0.15) is 0 Å². The van der Waals surface area contributed by atoms with Gasteiger partial charge < -0.3 is 24.6 Å². The lowest BCUT2D eigenvalue weighted by Gasteiger charge is -2.20. The molecule has 3 atom stereocenters. The van der Waals surface area contributed by atoms with Crippen LogP contribution in [0.2, 0.25) is 0 Å². The Morgan fingerprint density at radius 3 is 1.04 bits per heavy atom. The number of phosphoric acid groups is 1. The number of carbonyl (C=O) groups excluding carboxylic acids is 2. The van der Waals surface area contributed by atoms with Crippen molar-refractivity contribution < 1.29 is 47.8 Å². The zero-order valence-corrected chi connectivity index (χ0v) is 31.6. The van der Waals surface area contributed by atoms with Gasteiger partial charge in [0.25, 0.3) is 0 Å². The molecule has 0 amide bonds. The van der Waals surface area contributed by atoms with Crippen molar-refractivity contribution in [3.8, 4) is 0 Å². The van der Waals surface area contributed by atoms with Crippen molar-refractivity contribution in [2.75, 3.05) is 26.4 Å². The minimum absolute atomic E-state index is 0.170. The Bertz CT molecular complexity index is 781. The van der Waals surface area contributed by atoms with Crippen molar-refractivity contribution in [1.82, 2.24) is 0 Å². The first-order valence-electron chi connectivity index (χ1n) is 19.5. The largest absolute Gasteiger partial charge is 0.472 e. The van der Waals surface area contributed by atoms with Gasteiger partial charge in [0.1, 0.15) is 12.2 Å². The van der Waals surface area contributed by atoms with E-state index in [2.05, 4.69) is 6.92 Å². The van der Waals surface area contributed by atoms with Crippen LogP contribution >= 0.6 is 7.82 Å². The molecule has 286 valence electrons. The molecule has 0 bridgehead atoms. The zero-order valence-electron chi connectivity index (χ0n) is 30.7. The quantitative estimate of drug-likeness (QED) is 0.0324. The molecule has 0 aliphatic heterocycles. The van der Waals surface area contributed by atoms with Gasteiger partial charge in [-0.1, -0.05) is 162 Å². The average molecular weight is 709 g/mol. The van der Waals surface area contributed by atoms with E-state index in [0.29, 0.717) is 12.8 Å². The first kappa shape index (κ1) is 47.0. The molecule has 3 N–H and O–H groups in total. The molecule has 0 aliphatic carbocycles. The molecule has 11 heteroatoms. The Balaban J connectivity index is 3.67. The Hall–Kier alpha value is -1.03. The molecular weight excluding hydrogens is 635 g/mol. The lowest BCUT2D eigenvalue weighted by atomic mass is 10.0. The first-order chi connectivity index (χ1) is 23.3. The van der Waals surface area contributed by atoms with Crippen LogP contribution in [0.15, 0.2) is 0 Å². The molecule has 0 aromatic heterocycles. The van der Waals surface area contributed by atoms with Crippen LogP contribution < -0.4 is 0 Å². The predicted molar refractivity (Wildman–Crippen MR) is 192 cm³/mol. The minimum Gasteiger partial charge on any atom is -0.457 e. The molecule has 0 aromatic carbocycles. The van der Waals surface area contributed by atoms with Crippen LogP contribution in [0.25, 0.3) is 0 Å². The van der Waals surface area contributed by atoms with Gasteiger partial charge >= 0.3 is 19.8 Å². The van der Waals surface area contributed by atoms with Crippen molar-refractivity contribution in [2.45, 2.75) is 199 Å². The Labute approximate surface area is 293 Å². The highest BCUT2D eigenvalue weighted by molar-refractivity contribution is 7.47. The number of esters is 2. The molecule has 10 nitrogen and oxygen atoms in total. The highest BCUT2D eigenvalue weighted by atomic mass is 31.2. The monoisotopic (exact) mass is 708 g/mol. The fourth-order valence-electron chi connectivity index (χ4n) is 5.51. The second-order valence-electron chi connectivity index (χ2n) is 13.3. The van der Waals surface area contributed by atoms with Crippen LogP contribution in [0, 0.1) is 0 Å². The number of ether oxygens (including phenoxy) is 2. The van der Waals surface area contributed by atoms with Crippen LogP contribution in [-0.2, 0) is 32.7 Å². The number of unbranched alkanes of at least 4 members (excludes halogenated alkanes) is 23. The van der Waals surface area contributed by atoms with Crippen LogP contribution in [0.5, 0.6) is 0 Å². The van der Waals surface area contributed by atoms with Crippen molar-refractivity contribution in [1.29, 1.82) is 0 Å². The highest BCUT2D eigenvalue weighted by Gasteiger charge is 2.27. The van der Waals surface area contributed by atoms with E-state index in [0.717, 1.165) is 25.7 Å². The molecular formula is C37H73O10P. The summed E-state index contributed by atoms with van der Waals surface area (Å²) < 4.78 is 32.0. The fourth-order valence-corrected chi connectivity index (χ4v) is 6.29. The standard InChI is InChI=1S/C37H73O10P/c1-3-5-7-8-9-10-11-12-13-14-15-16-17-18-19-20-21-22-23-24-25-26-27-29-37(41)47-35(31-39)33-45-48(42,43)44-32-34(30-38)46-36(40)28-6-4-2/h34-35,38-39H,3-33H2,1-2H3,(H,42,43). The smallest absolute Gasteiger partial charge is 0.457 e. The number of aliphatic hydroxyl groups excluding tert-OH is 2.